The zero-order chi connectivity index (χ0) is 19.6. The molecule has 0 fully saturated rings. The van der Waals surface area contributed by atoms with E-state index in [-0.39, 0.29) is 0 Å². The van der Waals surface area contributed by atoms with Gasteiger partial charge in [0.25, 0.3) is 0 Å². The number of aromatic nitrogens is 5. The monoisotopic (exact) mass is 380 g/mol. The van der Waals surface area contributed by atoms with E-state index in [1.54, 1.807) is 0 Å². The molecule has 142 valence electrons. The summed E-state index contributed by atoms with van der Waals surface area (Å²) in [6, 6.07) is 22.3. The summed E-state index contributed by atoms with van der Waals surface area (Å²) in [5.41, 5.74) is 6.74. The van der Waals surface area contributed by atoms with Crippen molar-refractivity contribution >= 4 is 16.6 Å². The van der Waals surface area contributed by atoms with Crippen LogP contribution in [-0.4, -0.2) is 25.1 Å². The number of fused-ring (bicyclic) bond motifs is 1. The van der Waals surface area contributed by atoms with Crippen molar-refractivity contribution in [3.63, 3.8) is 0 Å². The Morgan fingerprint density at radius 2 is 1.83 bits per heavy atom. The summed E-state index contributed by atoms with van der Waals surface area (Å²) in [5, 5.41) is 11.6. The van der Waals surface area contributed by atoms with E-state index in [4.69, 9.17) is 9.97 Å². The standard InChI is InChI=1S/C23H20N6/c1-15-6-5-9-20(26-15)23-22(16-10-11-19-17(12-16)13-25-29-19)27-21(28-23)14-24-18-7-3-2-4-8-18/h2-13,24H,14H2,1H3,(H,25,29)(H,27,28). The van der Waals surface area contributed by atoms with Crippen LogP contribution in [0.4, 0.5) is 5.69 Å². The first-order valence-electron chi connectivity index (χ1n) is 9.51. The van der Waals surface area contributed by atoms with E-state index < -0.39 is 0 Å². The molecule has 0 bridgehead atoms. The Bertz CT molecular complexity index is 1270. The van der Waals surface area contributed by atoms with Crippen molar-refractivity contribution in [3.8, 4) is 22.6 Å². The molecular weight excluding hydrogens is 360 g/mol. The van der Waals surface area contributed by atoms with Crippen LogP contribution in [0.25, 0.3) is 33.5 Å². The fraction of sp³-hybridized carbons (Fsp3) is 0.0870. The number of hydrogen-bond donors (Lipinski definition) is 3. The van der Waals surface area contributed by atoms with Gasteiger partial charge < -0.3 is 10.3 Å². The zero-order valence-electron chi connectivity index (χ0n) is 16.0. The number of nitrogens with zero attached hydrogens (tertiary/aromatic N) is 3. The molecule has 2 aromatic carbocycles. The third-order valence-electron chi connectivity index (χ3n) is 4.84. The lowest BCUT2D eigenvalue weighted by Gasteiger charge is -2.04. The summed E-state index contributed by atoms with van der Waals surface area (Å²) >= 11 is 0. The Balaban J connectivity index is 1.56. The molecule has 0 saturated carbocycles. The molecule has 5 rings (SSSR count). The molecule has 0 spiro atoms. The van der Waals surface area contributed by atoms with Gasteiger partial charge in [0, 0.05) is 22.3 Å². The second-order valence-corrected chi connectivity index (χ2v) is 6.96. The number of imidazole rings is 1. The number of H-pyrrole nitrogens is 2. The SMILES string of the molecule is Cc1cccc(-c2[nH]c(CNc3ccccc3)nc2-c2ccc3[nH]ncc3c2)n1. The van der Waals surface area contributed by atoms with Gasteiger partial charge in [-0.25, -0.2) is 4.98 Å². The van der Waals surface area contributed by atoms with Crippen molar-refractivity contribution in [2.45, 2.75) is 13.5 Å². The van der Waals surface area contributed by atoms with Gasteiger partial charge in [-0.05, 0) is 43.3 Å². The van der Waals surface area contributed by atoms with Crippen molar-refractivity contribution in [1.29, 1.82) is 0 Å². The lowest BCUT2D eigenvalue weighted by atomic mass is 10.1. The molecule has 0 aliphatic carbocycles. The van der Waals surface area contributed by atoms with Gasteiger partial charge in [-0.1, -0.05) is 30.3 Å². The Hall–Kier alpha value is -3.93. The van der Waals surface area contributed by atoms with E-state index in [9.17, 15) is 0 Å². The molecule has 0 unspecified atom stereocenters. The van der Waals surface area contributed by atoms with Gasteiger partial charge in [-0.2, -0.15) is 5.10 Å². The first-order chi connectivity index (χ1) is 14.3. The highest BCUT2D eigenvalue weighted by Gasteiger charge is 2.16. The number of hydrogen-bond acceptors (Lipinski definition) is 4. The summed E-state index contributed by atoms with van der Waals surface area (Å²) in [7, 11) is 0. The third kappa shape index (κ3) is 3.48. The molecule has 6 heteroatoms. The molecule has 0 amide bonds. The molecular formula is C23H20N6. The minimum atomic E-state index is 0.594. The van der Waals surface area contributed by atoms with Crippen molar-refractivity contribution in [2.75, 3.05) is 5.32 Å². The number of aryl methyl sites for hydroxylation is 1. The molecule has 0 atom stereocenters. The fourth-order valence-electron chi connectivity index (χ4n) is 3.41. The number of rotatable bonds is 5. The number of nitrogens with one attached hydrogen (secondary N) is 3. The molecule has 3 heterocycles. The first kappa shape index (κ1) is 17.2. The van der Waals surface area contributed by atoms with Gasteiger partial charge in [0.05, 0.1) is 35.3 Å². The zero-order valence-corrected chi connectivity index (χ0v) is 16.0. The topological polar surface area (TPSA) is 82.3 Å². The molecule has 5 aromatic rings. The van der Waals surface area contributed by atoms with Crippen molar-refractivity contribution in [1.82, 2.24) is 25.1 Å². The molecule has 3 aromatic heterocycles. The summed E-state index contributed by atoms with van der Waals surface area (Å²) in [6.07, 6.45) is 1.83. The van der Waals surface area contributed by atoms with E-state index in [1.807, 2.05) is 67.7 Å². The highest BCUT2D eigenvalue weighted by Crippen LogP contribution is 2.31. The Labute approximate surface area is 168 Å². The maximum atomic E-state index is 4.90. The lowest BCUT2D eigenvalue weighted by Crippen LogP contribution is -2.00. The number of para-hydroxylation sites is 1. The van der Waals surface area contributed by atoms with E-state index >= 15 is 0 Å². The quantitative estimate of drug-likeness (QED) is 0.403. The maximum Gasteiger partial charge on any atom is 0.126 e. The highest BCUT2D eigenvalue weighted by atomic mass is 15.1. The lowest BCUT2D eigenvalue weighted by molar-refractivity contribution is 1.00. The molecule has 6 nitrogen and oxygen atoms in total. The van der Waals surface area contributed by atoms with Crippen molar-refractivity contribution < 1.29 is 0 Å². The summed E-state index contributed by atoms with van der Waals surface area (Å²) < 4.78 is 0. The largest absolute Gasteiger partial charge is 0.378 e. The predicted molar refractivity (Wildman–Crippen MR) is 115 cm³/mol. The van der Waals surface area contributed by atoms with Gasteiger partial charge in [0.15, 0.2) is 0 Å². The van der Waals surface area contributed by atoms with Crippen LogP contribution in [0.2, 0.25) is 0 Å². The molecule has 0 radical (unpaired) electrons. The van der Waals surface area contributed by atoms with E-state index in [2.05, 4.69) is 32.6 Å². The molecule has 0 aliphatic rings. The number of anilines is 1. The second kappa shape index (κ2) is 7.24. The molecule has 0 aliphatic heterocycles. The van der Waals surface area contributed by atoms with Crippen LogP contribution in [0.3, 0.4) is 0 Å². The van der Waals surface area contributed by atoms with Crippen LogP contribution in [0.1, 0.15) is 11.5 Å². The summed E-state index contributed by atoms with van der Waals surface area (Å²) in [4.78, 5) is 13.1. The normalized spacial score (nSPS) is 11.1. The summed E-state index contributed by atoms with van der Waals surface area (Å²) in [6.45, 7) is 2.59. The molecule has 0 saturated heterocycles. The number of pyridine rings is 1. The minimum Gasteiger partial charge on any atom is -0.378 e. The smallest absolute Gasteiger partial charge is 0.126 e. The maximum absolute atomic E-state index is 4.90. The van der Waals surface area contributed by atoms with Crippen molar-refractivity contribution in [2.24, 2.45) is 0 Å². The van der Waals surface area contributed by atoms with Gasteiger partial charge in [0.2, 0.25) is 0 Å². The Morgan fingerprint density at radius 3 is 2.69 bits per heavy atom. The average molecular weight is 380 g/mol. The minimum absolute atomic E-state index is 0.594. The van der Waals surface area contributed by atoms with Crippen LogP contribution >= 0.6 is 0 Å². The number of aromatic amines is 2. The van der Waals surface area contributed by atoms with E-state index in [0.29, 0.717) is 6.54 Å². The van der Waals surface area contributed by atoms with Crippen LogP contribution in [0.15, 0.2) is 72.9 Å². The van der Waals surface area contributed by atoms with Gasteiger partial charge in [0.1, 0.15) is 5.82 Å². The third-order valence-corrected chi connectivity index (χ3v) is 4.84. The second-order valence-electron chi connectivity index (χ2n) is 6.96. The van der Waals surface area contributed by atoms with Crippen molar-refractivity contribution in [3.05, 3.63) is 84.4 Å². The van der Waals surface area contributed by atoms with Gasteiger partial charge in [-0.3, -0.25) is 10.1 Å². The highest BCUT2D eigenvalue weighted by molar-refractivity contribution is 5.86. The molecule has 3 N–H and O–H groups in total. The average Bonchev–Trinajstić information content (AvgIpc) is 3.39. The fourth-order valence-corrected chi connectivity index (χ4v) is 3.41. The summed E-state index contributed by atoms with van der Waals surface area (Å²) in [5.74, 6) is 0.856. The van der Waals surface area contributed by atoms with Gasteiger partial charge in [-0.15, -0.1) is 0 Å². The van der Waals surface area contributed by atoms with Crippen LogP contribution in [0.5, 0.6) is 0 Å². The number of benzene rings is 2. The molecule has 29 heavy (non-hydrogen) atoms. The van der Waals surface area contributed by atoms with E-state index in [1.165, 1.54) is 0 Å². The van der Waals surface area contributed by atoms with E-state index in [0.717, 1.165) is 50.8 Å². The Kier molecular flexibility index (Phi) is 4.29. The van der Waals surface area contributed by atoms with Gasteiger partial charge >= 0.3 is 0 Å². The Morgan fingerprint density at radius 1 is 0.931 bits per heavy atom. The predicted octanol–water partition coefficient (Wildman–Crippen LogP) is 4.94. The van der Waals surface area contributed by atoms with Crippen LogP contribution in [-0.2, 0) is 6.54 Å². The van der Waals surface area contributed by atoms with Crippen LogP contribution < -0.4 is 5.32 Å². The van der Waals surface area contributed by atoms with Crippen LogP contribution in [0, 0.1) is 6.92 Å². The first-order valence-corrected chi connectivity index (χ1v) is 9.51.